The standard InChI is InChI=1S/C9H8ClFN4O2S/c10-5-3-6(11)7(12)4-8(5)18(16,17)15-9-1-2-13-14-9/h1-4H,12H2,(H2,13,14,15). The van der Waals surface area contributed by atoms with Crippen LogP contribution in [0.4, 0.5) is 15.9 Å². The number of H-pyrrole nitrogens is 1. The molecule has 0 radical (unpaired) electrons. The molecule has 0 unspecified atom stereocenters. The molecule has 0 aliphatic carbocycles. The van der Waals surface area contributed by atoms with Crippen molar-refractivity contribution in [1.29, 1.82) is 0 Å². The Morgan fingerprint density at radius 2 is 2.17 bits per heavy atom. The molecule has 1 heterocycles. The number of anilines is 2. The van der Waals surface area contributed by atoms with Gasteiger partial charge in [-0.05, 0) is 12.1 Å². The minimum atomic E-state index is -3.95. The van der Waals surface area contributed by atoms with E-state index in [1.807, 2.05) is 0 Å². The van der Waals surface area contributed by atoms with Gasteiger partial charge in [-0.15, -0.1) is 0 Å². The summed E-state index contributed by atoms with van der Waals surface area (Å²) in [5.41, 5.74) is 5.01. The van der Waals surface area contributed by atoms with E-state index in [2.05, 4.69) is 14.9 Å². The van der Waals surface area contributed by atoms with Gasteiger partial charge in [0.05, 0.1) is 16.9 Å². The number of aromatic amines is 1. The van der Waals surface area contributed by atoms with Gasteiger partial charge in [0.15, 0.2) is 0 Å². The van der Waals surface area contributed by atoms with Gasteiger partial charge in [-0.1, -0.05) is 11.6 Å². The largest absolute Gasteiger partial charge is 0.396 e. The third kappa shape index (κ3) is 2.39. The second-order valence-electron chi connectivity index (χ2n) is 3.38. The molecular formula is C9H8ClFN4O2S. The Labute approximate surface area is 107 Å². The summed E-state index contributed by atoms with van der Waals surface area (Å²) < 4.78 is 39.2. The summed E-state index contributed by atoms with van der Waals surface area (Å²) in [6.45, 7) is 0. The van der Waals surface area contributed by atoms with Crippen molar-refractivity contribution < 1.29 is 12.8 Å². The minimum Gasteiger partial charge on any atom is -0.396 e. The molecule has 0 atom stereocenters. The lowest BCUT2D eigenvalue weighted by molar-refractivity contribution is 0.600. The predicted octanol–water partition coefficient (Wildman–Crippen LogP) is 1.59. The SMILES string of the molecule is Nc1cc(S(=O)(=O)Nc2ccn[nH]2)c(Cl)cc1F. The quantitative estimate of drug-likeness (QED) is 0.747. The Balaban J connectivity index is 2.44. The van der Waals surface area contributed by atoms with E-state index in [4.69, 9.17) is 17.3 Å². The average molecular weight is 291 g/mol. The highest BCUT2D eigenvalue weighted by molar-refractivity contribution is 7.92. The van der Waals surface area contributed by atoms with Crippen molar-refractivity contribution in [3.05, 3.63) is 35.2 Å². The van der Waals surface area contributed by atoms with Crippen LogP contribution in [0.1, 0.15) is 0 Å². The van der Waals surface area contributed by atoms with Crippen LogP contribution in [0.2, 0.25) is 5.02 Å². The van der Waals surface area contributed by atoms with E-state index in [1.54, 1.807) is 0 Å². The molecule has 6 nitrogen and oxygen atoms in total. The Hall–Kier alpha value is -1.80. The number of nitrogens with two attached hydrogens (primary N) is 1. The lowest BCUT2D eigenvalue weighted by Gasteiger charge is -2.08. The zero-order valence-electron chi connectivity index (χ0n) is 8.81. The van der Waals surface area contributed by atoms with Crippen molar-refractivity contribution >= 4 is 33.1 Å². The molecule has 0 spiro atoms. The number of rotatable bonds is 3. The number of hydrogen-bond acceptors (Lipinski definition) is 4. The topological polar surface area (TPSA) is 101 Å². The fourth-order valence-electron chi connectivity index (χ4n) is 1.26. The van der Waals surface area contributed by atoms with E-state index in [0.29, 0.717) is 0 Å². The molecule has 96 valence electrons. The summed E-state index contributed by atoms with van der Waals surface area (Å²) in [6.07, 6.45) is 1.37. The third-order valence-corrected chi connectivity index (χ3v) is 3.92. The average Bonchev–Trinajstić information content (AvgIpc) is 2.75. The van der Waals surface area contributed by atoms with E-state index in [9.17, 15) is 12.8 Å². The van der Waals surface area contributed by atoms with Crippen LogP contribution in [0.3, 0.4) is 0 Å². The summed E-state index contributed by atoms with van der Waals surface area (Å²) in [5.74, 6) is -0.616. The lowest BCUT2D eigenvalue weighted by Crippen LogP contribution is -2.14. The number of aromatic nitrogens is 2. The number of halogens is 2. The zero-order chi connectivity index (χ0) is 13.3. The minimum absolute atomic E-state index is 0.161. The van der Waals surface area contributed by atoms with Crippen molar-refractivity contribution in [3.63, 3.8) is 0 Å². The van der Waals surface area contributed by atoms with Crippen LogP contribution in [0, 0.1) is 5.82 Å². The molecule has 0 amide bonds. The van der Waals surface area contributed by atoms with Crippen molar-refractivity contribution in [2.24, 2.45) is 0 Å². The number of nitrogens with one attached hydrogen (secondary N) is 2. The van der Waals surface area contributed by atoms with Crippen LogP contribution in [-0.4, -0.2) is 18.6 Å². The van der Waals surface area contributed by atoms with E-state index in [0.717, 1.165) is 12.1 Å². The van der Waals surface area contributed by atoms with Gasteiger partial charge in [0.2, 0.25) is 0 Å². The number of nitrogen functional groups attached to an aromatic ring is 1. The highest BCUT2D eigenvalue weighted by Gasteiger charge is 2.20. The molecule has 0 aliphatic rings. The fraction of sp³-hybridized carbons (Fsp3) is 0. The van der Waals surface area contributed by atoms with Crippen molar-refractivity contribution in [2.45, 2.75) is 4.90 Å². The molecule has 0 aliphatic heterocycles. The first-order chi connectivity index (χ1) is 8.40. The molecule has 2 aromatic rings. The molecule has 2 rings (SSSR count). The van der Waals surface area contributed by atoms with Crippen LogP contribution in [-0.2, 0) is 10.0 Å². The van der Waals surface area contributed by atoms with Crippen molar-refractivity contribution in [1.82, 2.24) is 10.2 Å². The summed E-state index contributed by atoms with van der Waals surface area (Å²) in [6, 6.07) is 3.22. The normalized spacial score (nSPS) is 11.4. The lowest BCUT2D eigenvalue weighted by atomic mass is 10.3. The van der Waals surface area contributed by atoms with E-state index >= 15 is 0 Å². The molecule has 4 N–H and O–H groups in total. The monoisotopic (exact) mass is 290 g/mol. The van der Waals surface area contributed by atoms with Gasteiger partial charge in [0.25, 0.3) is 10.0 Å². The van der Waals surface area contributed by atoms with Crippen LogP contribution in [0.25, 0.3) is 0 Å². The van der Waals surface area contributed by atoms with Gasteiger partial charge < -0.3 is 5.73 Å². The van der Waals surface area contributed by atoms with Crippen LogP contribution < -0.4 is 10.5 Å². The van der Waals surface area contributed by atoms with Gasteiger partial charge in [-0.25, -0.2) is 12.8 Å². The van der Waals surface area contributed by atoms with Crippen LogP contribution in [0.5, 0.6) is 0 Å². The second-order valence-corrected chi connectivity index (χ2v) is 5.44. The maximum absolute atomic E-state index is 13.1. The highest BCUT2D eigenvalue weighted by atomic mass is 35.5. The maximum atomic E-state index is 13.1. The van der Waals surface area contributed by atoms with Gasteiger partial charge in [0, 0.05) is 6.07 Å². The maximum Gasteiger partial charge on any atom is 0.264 e. The zero-order valence-corrected chi connectivity index (χ0v) is 10.4. The Morgan fingerprint density at radius 1 is 1.44 bits per heavy atom. The predicted molar refractivity (Wildman–Crippen MR) is 65.2 cm³/mol. The molecular weight excluding hydrogens is 283 g/mol. The first-order valence-corrected chi connectivity index (χ1v) is 6.53. The van der Waals surface area contributed by atoms with Crippen molar-refractivity contribution in [2.75, 3.05) is 10.5 Å². The first kappa shape index (κ1) is 12.7. The molecule has 0 saturated heterocycles. The number of hydrogen-bond donors (Lipinski definition) is 3. The molecule has 0 bridgehead atoms. The Morgan fingerprint density at radius 3 is 2.78 bits per heavy atom. The molecule has 0 fully saturated rings. The number of sulfonamides is 1. The summed E-state index contributed by atoms with van der Waals surface area (Å²) in [4.78, 5) is -0.308. The van der Waals surface area contributed by atoms with E-state index in [1.165, 1.54) is 12.3 Å². The van der Waals surface area contributed by atoms with Gasteiger partial charge in [-0.3, -0.25) is 9.82 Å². The van der Waals surface area contributed by atoms with E-state index in [-0.39, 0.29) is 21.4 Å². The van der Waals surface area contributed by atoms with Gasteiger partial charge >= 0.3 is 0 Å². The first-order valence-electron chi connectivity index (χ1n) is 4.67. The number of benzene rings is 1. The van der Waals surface area contributed by atoms with E-state index < -0.39 is 15.8 Å². The molecule has 9 heteroatoms. The molecule has 18 heavy (non-hydrogen) atoms. The van der Waals surface area contributed by atoms with Gasteiger partial charge in [0.1, 0.15) is 16.5 Å². The van der Waals surface area contributed by atoms with Crippen LogP contribution in [0.15, 0.2) is 29.3 Å². The highest BCUT2D eigenvalue weighted by Crippen LogP contribution is 2.27. The molecule has 0 saturated carbocycles. The Bertz CT molecular complexity index is 672. The Kier molecular flexibility index (Phi) is 3.14. The second kappa shape index (κ2) is 4.46. The smallest absolute Gasteiger partial charge is 0.264 e. The molecule has 1 aromatic carbocycles. The number of nitrogens with zero attached hydrogens (tertiary/aromatic N) is 1. The van der Waals surface area contributed by atoms with Crippen LogP contribution >= 0.6 is 11.6 Å². The summed E-state index contributed by atoms with van der Waals surface area (Å²) >= 11 is 5.69. The van der Waals surface area contributed by atoms with Crippen molar-refractivity contribution in [3.8, 4) is 0 Å². The summed E-state index contributed by atoms with van der Waals surface area (Å²) in [5, 5.41) is 5.75. The summed E-state index contributed by atoms with van der Waals surface area (Å²) in [7, 11) is -3.95. The molecule has 1 aromatic heterocycles. The van der Waals surface area contributed by atoms with Gasteiger partial charge in [-0.2, -0.15) is 5.10 Å². The fourth-order valence-corrected chi connectivity index (χ4v) is 2.83. The third-order valence-electron chi connectivity index (χ3n) is 2.09.